The van der Waals surface area contributed by atoms with Gasteiger partial charge >= 0.3 is 0 Å². The minimum atomic E-state index is -0.118. The number of para-hydroxylation sites is 1. The van der Waals surface area contributed by atoms with Crippen molar-refractivity contribution in [1.29, 1.82) is 0 Å². The Bertz CT molecular complexity index is 1090. The van der Waals surface area contributed by atoms with Gasteiger partial charge < -0.3 is 20.1 Å². The first-order chi connectivity index (χ1) is 15.5. The van der Waals surface area contributed by atoms with Crippen LogP contribution in [0.2, 0.25) is 0 Å². The van der Waals surface area contributed by atoms with Crippen molar-refractivity contribution >= 4 is 40.8 Å². The molecule has 0 aliphatic rings. The first kappa shape index (κ1) is 22.8. The van der Waals surface area contributed by atoms with Gasteiger partial charge in [0.1, 0.15) is 18.1 Å². The summed E-state index contributed by atoms with van der Waals surface area (Å²) in [6.07, 6.45) is 1.67. The lowest BCUT2D eigenvalue weighted by Crippen LogP contribution is -2.23. The Balaban J connectivity index is 1.59. The van der Waals surface area contributed by atoms with Gasteiger partial charge in [-0.05, 0) is 72.4 Å². The molecule has 0 bridgehead atoms. The zero-order chi connectivity index (χ0) is 22.8. The molecular formula is C24H24N4O3S. The van der Waals surface area contributed by atoms with Gasteiger partial charge in [0.15, 0.2) is 5.11 Å². The molecule has 0 saturated carbocycles. The molecular weight excluding hydrogens is 424 g/mol. The zero-order valence-corrected chi connectivity index (χ0v) is 18.6. The van der Waals surface area contributed by atoms with Crippen molar-refractivity contribution in [2.45, 2.75) is 13.5 Å². The molecule has 1 amide bonds. The fourth-order valence-corrected chi connectivity index (χ4v) is 3.01. The molecule has 0 aromatic heterocycles. The second kappa shape index (κ2) is 11.5. The maximum absolute atomic E-state index is 11.1. The molecule has 0 spiro atoms. The summed E-state index contributed by atoms with van der Waals surface area (Å²) >= 11 is 5.25. The van der Waals surface area contributed by atoms with Gasteiger partial charge in [-0.15, -0.1) is 0 Å². The Labute approximate surface area is 192 Å². The second-order valence-electron chi connectivity index (χ2n) is 6.76. The summed E-state index contributed by atoms with van der Waals surface area (Å²) in [6.45, 7) is 1.78. The van der Waals surface area contributed by atoms with Crippen molar-refractivity contribution in [1.82, 2.24) is 5.43 Å². The van der Waals surface area contributed by atoms with E-state index < -0.39 is 0 Å². The van der Waals surface area contributed by atoms with E-state index in [1.165, 1.54) is 6.92 Å². The van der Waals surface area contributed by atoms with Gasteiger partial charge in [0.2, 0.25) is 5.91 Å². The quantitative estimate of drug-likeness (QED) is 0.266. The summed E-state index contributed by atoms with van der Waals surface area (Å²) in [6, 6.07) is 22.5. The van der Waals surface area contributed by atoms with Crippen molar-refractivity contribution in [2.24, 2.45) is 5.10 Å². The Morgan fingerprint density at radius 1 is 1.00 bits per heavy atom. The number of carbonyl (C=O) groups is 1. The Morgan fingerprint density at radius 2 is 1.72 bits per heavy atom. The van der Waals surface area contributed by atoms with E-state index in [-0.39, 0.29) is 5.91 Å². The predicted molar refractivity (Wildman–Crippen MR) is 131 cm³/mol. The van der Waals surface area contributed by atoms with Crippen LogP contribution in [0.25, 0.3) is 0 Å². The van der Waals surface area contributed by atoms with Crippen LogP contribution in [0.1, 0.15) is 18.1 Å². The number of nitrogens with one attached hydrogen (secondary N) is 3. The highest BCUT2D eigenvalue weighted by Gasteiger charge is 2.06. The third-order valence-corrected chi connectivity index (χ3v) is 4.48. The molecule has 0 atom stereocenters. The minimum Gasteiger partial charge on any atom is -0.496 e. The first-order valence-corrected chi connectivity index (χ1v) is 10.3. The van der Waals surface area contributed by atoms with Gasteiger partial charge in [-0.2, -0.15) is 5.10 Å². The Hall–Kier alpha value is -3.91. The molecule has 7 nitrogen and oxygen atoms in total. The molecule has 32 heavy (non-hydrogen) atoms. The average molecular weight is 449 g/mol. The van der Waals surface area contributed by atoms with Crippen LogP contribution in [0.3, 0.4) is 0 Å². The monoisotopic (exact) mass is 448 g/mol. The molecule has 3 aromatic rings. The normalized spacial score (nSPS) is 10.4. The molecule has 8 heteroatoms. The van der Waals surface area contributed by atoms with E-state index in [4.69, 9.17) is 21.7 Å². The number of rotatable bonds is 8. The summed E-state index contributed by atoms with van der Waals surface area (Å²) in [5.74, 6) is 1.28. The van der Waals surface area contributed by atoms with Gasteiger partial charge in [0.05, 0.1) is 13.3 Å². The highest BCUT2D eigenvalue weighted by atomic mass is 32.1. The lowest BCUT2D eigenvalue weighted by molar-refractivity contribution is -0.114. The summed E-state index contributed by atoms with van der Waals surface area (Å²) in [7, 11) is 1.62. The van der Waals surface area contributed by atoms with E-state index in [1.54, 1.807) is 37.6 Å². The van der Waals surface area contributed by atoms with Gasteiger partial charge in [-0.1, -0.05) is 18.2 Å². The maximum atomic E-state index is 11.1. The number of ether oxygens (including phenoxy) is 2. The van der Waals surface area contributed by atoms with E-state index in [0.717, 1.165) is 16.8 Å². The summed E-state index contributed by atoms with van der Waals surface area (Å²) in [4.78, 5) is 11.1. The SMILES string of the molecule is COc1ccc(/C=N\NC(=S)Nc2ccccc2)cc1COc1ccc(NC(C)=O)cc1. The van der Waals surface area contributed by atoms with E-state index in [0.29, 0.717) is 28.9 Å². The Kier molecular flexibility index (Phi) is 8.16. The molecule has 0 aliphatic heterocycles. The van der Waals surface area contributed by atoms with Gasteiger partial charge in [-0.25, -0.2) is 0 Å². The highest BCUT2D eigenvalue weighted by molar-refractivity contribution is 7.80. The molecule has 0 heterocycles. The molecule has 0 unspecified atom stereocenters. The molecule has 3 aromatic carbocycles. The number of hydrogen-bond donors (Lipinski definition) is 3. The van der Waals surface area contributed by atoms with Crippen LogP contribution in [-0.4, -0.2) is 24.3 Å². The molecule has 0 saturated heterocycles. The molecule has 0 radical (unpaired) electrons. The number of anilines is 2. The summed E-state index contributed by atoms with van der Waals surface area (Å²) < 4.78 is 11.3. The van der Waals surface area contributed by atoms with Crippen molar-refractivity contribution in [3.8, 4) is 11.5 Å². The van der Waals surface area contributed by atoms with E-state index in [9.17, 15) is 4.79 Å². The van der Waals surface area contributed by atoms with Gasteiger partial charge in [-0.3, -0.25) is 10.2 Å². The number of methoxy groups -OCH3 is 1. The van der Waals surface area contributed by atoms with Crippen LogP contribution in [0, 0.1) is 0 Å². The largest absolute Gasteiger partial charge is 0.496 e. The standard InChI is InChI=1S/C24H24N4O3S/c1-17(29)26-21-9-11-22(12-10-21)31-16-19-14-18(8-13-23(19)30-2)15-25-28-24(32)27-20-6-4-3-5-7-20/h3-15H,16H2,1-2H3,(H,26,29)(H2,27,28,32)/b25-15-. The lowest BCUT2D eigenvalue weighted by Gasteiger charge is -2.12. The minimum absolute atomic E-state index is 0.118. The highest BCUT2D eigenvalue weighted by Crippen LogP contribution is 2.23. The molecule has 164 valence electrons. The summed E-state index contributed by atoms with van der Waals surface area (Å²) in [5.41, 5.74) is 6.13. The topological polar surface area (TPSA) is 84.0 Å². The number of thiocarbonyl (C=S) groups is 1. The lowest BCUT2D eigenvalue weighted by atomic mass is 10.1. The summed E-state index contributed by atoms with van der Waals surface area (Å²) in [5, 5.41) is 10.4. The van der Waals surface area contributed by atoms with Gasteiger partial charge in [0, 0.05) is 23.9 Å². The Morgan fingerprint density at radius 3 is 2.41 bits per heavy atom. The number of benzene rings is 3. The zero-order valence-electron chi connectivity index (χ0n) is 17.8. The third kappa shape index (κ3) is 7.10. The predicted octanol–water partition coefficient (Wildman–Crippen LogP) is 4.55. The smallest absolute Gasteiger partial charge is 0.221 e. The number of hydrogen-bond acceptors (Lipinski definition) is 5. The fourth-order valence-electron chi connectivity index (χ4n) is 2.84. The van der Waals surface area contributed by atoms with Crippen molar-refractivity contribution in [2.75, 3.05) is 17.7 Å². The van der Waals surface area contributed by atoms with E-state index in [2.05, 4.69) is 21.2 Å². The fraction of sp³-hybridized carbons (Fsp3) is 0.125. The van der Waals surface area contributed by atoms with E-state index >= 15 is 0 Å². The van der Waals surface area contributed by atoms with Crippen LogP contribution in [0.4, 0.5) is 11.4 Å². The number of amides is 1. The van der Waals surface area contributed by atoms with Crippen molar-refractivity contribution < 1.29 is 14.3 Å². The van der Waals surface area contributed by atoms with Crippen LogP contribution in [-0.2, 0) is 11.4 Å². The van der Waals surface area contributed by atoms with E-state index in [1.807, 2.05) is 48.5 Å². The molecule has 0 fully saturated rings. The first-order valence-electron chi connectivity index (χ1n) is 9.86. The molecule has 3 N–H and O–H groups in total. The maximum Gasteiger partial charge on any atom is 0.221 e. The van der Waals surface area contributed by atoms with Crippen LogP contribution in [0.15, 0.2) is 77.9 Å². The third-order valence-electron chi connectivity index (χ3n) is 4.28. The average Bonchev–Trinajstić information content (AvgIpc) is 2.79. The second-order valence-corrected chi connectivity index (χ2v) is 7.16. The van der Waals surface area contributed by atoms with Crippen molar-refractivity contribution in [3.63, 3.8) is 0 Å². The van der Waals surface area contributed by atoms with Crippen LogP contribution in [0.5, 0.6) is 11.5 Å². The molecule has 0 aliphatic carbocycles. The van der Waals surface area contributed by atoms with Gasteiger partial charge in [0.25, 0.3) is 0 Å². The van der Waals surface area contributed by atoms with Crippen LogP contribution < -0.4 is 25.5 Å². The molecule has 3 rings (SSSR count). The number of hydrazone groups is 1. The number of carbonyl (C=O) groups excluding carboxylic acids is 1. The number of nitrogens with zero attached hydrogens (tertiary/aromatic N) is 1. The van der Waals surface area contributed by atoms with Crippen molar-refractivity contribution in [3.05, 3.63) is 83.9 Å². The van der Waals surface area contributed by atoms with Crippen LogP contribution >= 0.6 is 12.2 Å².